The molecule has 8 heteroatoms. The number of rotatable bonds is 6. The number of aryl methyl sites for hydroxylation is 3. The second kappa shape index (κ2) is 10.8. The van der Waals surface area contributed by atoms with E-state index >= 15 is 0 Å². The van der Waals surface area contributed by atoms with Gasteiger partial charge in [0.25, 0.3) is 11.8 Å². The fourth-order valence-corrected chi connectivity index (χ4v) is 3.34. The SMILES string of the molecule is C#CN(C(=O)CNC(=O)OC(C)(C)C)C(C(=O)Nc1c(C)cccc1C)c1cccc(C)c1O. The van der Waals surface area contributed by atoms with Crippen LogP contribution in [0.3, 0.4) is 0 Å². The molecule has 8 nitrogen and oxygen atoms in total. The maximum absolute atomic E-state index is 13.5. The van der Waals surface area contributed by atoms with E-state index in [-0.39, 0.29) is 11.3 Å². The Balaban J connectivity index is 2.41. The standard InChI is InChI=1S/C26H31N3O5/c1-8-29(20(30)15-27-25(33)34-26(5,6)7)22(19-14-10-13-18(4)23(19)31)24(32)28-21-16(2)11-9-12-17(21)3/h1,9-14,22,31H,15H2,2-7H3,(H,27,33)(H,28,32). The monoisotopic (exact) mass is 465 g/mol. The third kappa shape index (κ3) is 6.51. The predicted molar refractivity (Wildman–Crippen MR) is 130 cm³/mol. The highest BCUT2D eigenvalue weighted by Gasteiger charge is 2.34. The molecule has 180 valence electrons. The number of phenolic OH excluding ortho intramolecular Hbond substituents is 1. The molecule has 0 saturated heterocycles. The first-order valence-electron chi connectivity index (χ1n) is 10.8. The van der Waals surface area contributed by atoms with E-state index in [0.29, 0.717) is 11.3 Å². The van der Waals surface area contributed by atoms with Crippen LogP contribution in [0.25, 0.3) is 0 Å². The lowest BCUT2D eigenvalue weighted by atomic mass is 9.99. The van der Waals surface area contributed by atoms with Crippen molar-refractivity contribution in [3.8, 4) is 18.2 Å². The largest absolute Gasteiger partial charge is 0.507 e. The van der Waals surface area contributed by atoms with Gasteiger partial charge in [0.2, 0.25) is 0 Å². The van der Waals surface area contributed by atoms with Gasteiger partial charge < -0.3 is 20.5 Å². The third-order valence-corrected chi connectivity index (χ3v) is 4.99. The lowest BCUT2D eigenvalue weighted by Gasteiger charge is -2.28. The highest BCUT2D eigenvalue weighted by Crippen LogP contribution is 2.33. The summed E-state index contributed by atoms with van der Waals surface area (Å²) in [4.78, 5) is 39.3. The van der Waals surface area contributed by atoms with Crippen molar-refractivity contribution in [1.29, 1.82) is 0 Å². The van der Waals surface area contributed by atoms with Gasteiger partial charge in [0, 0.05) is 17.3 Å². The van der Waals surface area contributed by atoms with Crippen LogP contribution in [0.2, 0.25) is 0 Å². The first-order chi connectivity index (χ1) is 15.9. The number of carbonyl (C=O) groups is 3. The molecule has 3 amide bonds. The fourth-order valence-electron chi connectivity index (χ4n) is 3.34. The van der Waals surface area contributed by atoms with Crippen LogP contribution in [-0.4, -0.2) is 40.1 Å². The summed E-state index contributed by atoms with van der Waals surface area (Å²) in [5, 5.41) is 15.9. The molecule has 0 saturated carbocycles. The van der Waals surface area contributed by atoms with Crippen molar-refractivity contribution in [2.24, 2.45) is 0 Å². The quantitative estimate of drug-likeness (QED) is 0.442. The lowest BCUT2D eigenvalue weighted by Crippen LogP contribution is -2.44. The van der Waals surface area contributed by atoms with E-state index in [0.717, 1.165) is 16.0 Å². The van der Waals surface area contributed by atoms with Crippen LogP contribution < -0.4 is 10.6 Å². The molecular formula is C26H31N3O5. The molecule has 2 rings (SSSR count). The smallest absolute Gasteiger partial charge is 0.408 e. The Morgan fingerprint density at radius 1 is 1.06 bits per heavy atom. The summed E-state index contributed by atoms with van der Waals surface area (Å²) in [6.07, 6.45) is 4.85. The van der Waals surface area contributed by atoms with Crippen LogP contribution in [0.15, 0.2) is 36.4 Å². The van der Waals surface area contributed by atoms with Gasteiger partial charge >= 0.3 is 6.09 Å². The molecule has 1 atom stereocenters. The van der Waals surface area contributed by atoms with Crippen molar-refractivity contribution < 1.29 is 24.2 Å². The number of terminal acetylenes is 1. The number of anilines is 1. The summed E-state index contributed by atoms with van der Waals surface area (Å²) < 4.78 is 5.14. The minimum atomic E-state index is -1.35. The van der Waals surface area contributed by atoms with Gasteiger partial charge in [-0.3, -0.25) is 14.5 Å². The molecule has 2 aromatic carbocycles. The second-order valence-corrected chi connectivity index (χ2v) is 8.92. The number of hydrogen-bond donors (Lipinski definition) is 3. The molecule has 34 heavy (non-hydrogen) atoms. The van der Waals surface area contributed by atoms with E-state index in [1.165, 1.54) is 6.07 Å². The molecule has 1 unspecified atom stereocenters. The van der Waals surface area contributed by atoms with Crippen LogP contribution in [0.5, 0.6) is 5.75 Å². The Hall–Kier alpha value is -3.99. The molecule has 0 bridgehead atoms. The number of phenols is 1. The second-order valence-electron chi connectivity index (χ2n) is 8.92. The lowest BCUT2D eigenvalue weighted by molar-refractivity contribution is -0.134. The van der Waals surface area contributed by atoms with Gasteiger partial charge in [0.1, 0.15) is 17.9 Å². The van der Waals surface area contributed by atoms with E-state index in [1.54, 1.807) is 39.8 Å². The Morgan fingerprint density at radius 3 is 2.18 bits per heavy atom. The summed E-state index contributed by atoms with van der Waals surface area (Å²) in [5.41, 5.74) is 2.16. The Kier molecular flexibility index (Phi) is 8.31. The minimum absolute atomic E-state index is 0.155. The number of alkyl carbamates (subject to hydrolysis) is 1. The summed E-state index contributed by atoms with van der Waals surface area (Å²) in [7, 11) is 0. The van der Waals surface area contributed by atoms with Crippen molar-refractivity contribution in [1.82, 2.24) is 10.2 Å². The van der Waals surface area contributed by atoms with Gasteiger partial charge in [-0.05, 0) is 58.2 Å². The number of aromatic hydroxyl groups is 1. The highest BCUT2D eigenvalue weighted by molar-refractivity contribution is 6.00. The maximum atomic E-state index is 13.5. The molecule has 0 spiro atoms. The zero-order valence-electron chi connectivity index (χ0n) is 20.4. The first-order valence-corrected chi connectivity index (χ1v) is 10.8. The van der Waals surface area contributed by atoms with Crippen molar-refractivity contribution in [3.63, 3.8) is 0 Å². The number of carbonyl (C=O) groups excluding carboxylic acids is 3. The summed E-state index contributed by atoms with van der Waals surface area (Å²) in [5.74, 6) is -1.49. The molecule has 0 aliphatic rings. The molecule has 3 N–H and O–H groups in total. The van der Waals surface area contributed by atoms with Crippen molar-refractivity contribution in [2.75, 3.05) is 11.9 Å². The molecule has 0 aliphatic heterocycles. The van der Waals surface area contributed by atoms with E-state index in [4.69, 9.17) is 11.2 Å². The molecule has 0 aliphatic carbocycles. The van der Waals surface area contributed by atoms with Gasteiger partial charge in [-0.2, -0.15) is 0 Å². The molecule has 0 heterocycles. The predicted octanol–water partition coefficient (Wildman–Crippen LogP) is 3.94. The van der Waals surface area contributed by atoms with Gasteiger partial charge in [0.05, 0.1) is 0 Å². The maximum Gasteiger partial charge on any atom is 0.408 e. The molecule has 0 aromatic heterocycles. The Bertz CT molecular complexity index is 1110. The molecular weight excluding hydrogens is 434 g/mol. The van der Waals surface area contributed by atoms with Gasteiger partial charge in [-0.15, -0.1) is 0 Å². The number of nitrogens with zero attached hydrogens (tertiary/aromatic N) is 1. The molecule has 0 radical (unpaired) electrons. The number of benzene rings is 2. The molecule has 2 aromatic rings. The van der Waals surface area contributed by atoms with E-state index in [9.17, 15) is 19.5 Å². The van der Waals surface area contributed by atoms with Gasteiger partial charge in [-0.25, -0.2) is 4.79 Å². The minimum Gasteiger partial charge on any atom is -0.507 e. The summed E-state index contributed by atoms with van der Waals surface area (Å²) in [6.45, 7) is 9.93. The van der Waals surface area contributed by atoms with Gasteiger partial charge in [-0.1, -0.05) is 42.8 Å². The average Bonchev–Trinajstić information content (AvgIpc) is 2.74. The summed E-state index contributed by atoms with van der Waals surface area (Å²) >= 11 is 0. The molecule has 0 fully saturated rings. The zero-order chi connectivity index (χ0) is 25.6. The Labute approximate surface area is 200 Å². The van der Waals surface area contributed by atoms with Crippen molar-refractivity contribution in [2.45, 2.75) is 53.2 Å². The fraction of sp³-hybridized carbons (Fsp3) is 0.346. The third-order valence-electron chi connectivity index (χ3n) is 4.99. The zero-order valence-corrected chi connectivity index (χ0v) is 20.4. The number of para-hydroxylation sites is 2. The Morgan fingerprint density at radius 2 is 1.62 bits per heavy atom. The van der Waals surface area contributed by atoms with E-state index in [1.807, 2.05) is 32.0 Å². The highest BCUT2D eigenvalue weighted by atomic mass is 16.6. The number of ether oxygens (including phenoxy) is 1. The van der Waals surface area contributed by atoms with Gasteiger partial charge in [0.15, 0.2) is 6.04 Å². The van der Waals surface area contributed by atoms with E-state index in [2.05, 4.69) is 16.7 Å². The van der Waals surface area contributed by atoms with E-state index < -0.39 is 36.1 Å². The summed E-state index contributed by atoms with van der Waals surface area (Å²) in [6, 6.07) is 11.3. The van der Waals surface area contributed by atoms with Crippen LogP contribution in [0, 0.1) is 33.2 Å². The number of hydrogen-bond acceptors (Lipinski definition) is 5. The number of amides is 3. The van der Waals surface area contributed by atoms with Crippen LogP contribution >= 0.6 is 0 Å². The van der Waals surface area contributed by atoms with Crippen LogP contribution in [0.1, 0.15) is 49.1 Å². The normalized spacial score (nSPS) is 11.7. The first kappa shape index (κ1) is 26.3. The van der Waals surface area contributed by atoms with Crippen molar-refractivity contribution in [3.05, 3.63) is 58.7 Å². The number of nitrogens with one attached hydrogen (secondary N) is 2. The van der Waals surface area contributed by atoms with Crippen LogP contribution in [-0.2, 0) is 14.3 Å². The van der Waals surface area contributed by atoms with Crippen LogP contribution in [0.4, 0.5) is 10.5 Å². The van der Waals surface area contributed by atoms with Crippen molar-refractivity contribution >= 4 is 23.6 Å². The topological polar surface area (TPSA) is 108 Å². The average molecular weight is 466 g/mol.